The summed E-state index contributed by atoms with van der Waals surface area (Å²) in [5.41, 5.74) is 7.92. The van der Waals surface area contributed by atoms with Crippen LogP contribution in [-0.4, -0.2) is 32.9 Å². The van der Waals surface area contributed by atoms with Gasteiger partial charge in [0.1, 0.15) is 5.82 Å². The van der Waals surface area contributed by atoms with Crippen molar-refractivity contribution in [3.63, 3.8) is 0 Å². The number of nitrogen functional groups attached to an aromatic ring is 1. The molecular formula is C16H22N6O. The van der Waals surface area contributed by atoms with Crippen molar-refractivity contribution in [1.82, 2.24) is 19.7 Å². The van der Waals surface area contributed by atoms with Gasteiger partial charge in [-0.05, 0) is 32.3 Å². The van der Waals surface area contributed by atoms with E-state index in [1.165, 1.54) is 6.42 Å². The van der Waals surface area contributed by atoms with Crippen molar-refractivity contribution in [1.29, 1.82) is 0 Å². The molecule has 4 heterocycles. The maximum Gasteiger partial charge on any atom is 0.226 e. The number of nitrogens with two attached hydrogens (primary N) is 1. The van der Waals surface area contributed by atoms with Crippen LogP contribution >= 0.6 is 0 Å². The topological polar surface area (TPSA) is 82.1 Å². The Labute approximate surface area is 135 Å². The van der Waals surface area contributed by atoms with Crippen LogP contribution in [0.5, 0.6) is 0 Å². The minimum absolute atomic E-state index is 0.103. The molecule has 0 radical (unpaired) electrons. The highest BCUT2D eigenvalue weighted by atomic mass is 16.5. The quantitative estimate of drug-likeness (QED) is 0.914. The number of ether oxygens (including phenoxy) is 1. The molecular weight excluding hydrogens is 292 g/mol. The molecule has 1 saturated heterocycles. The van der Waals surface area contributed by atoms with E-state index < -0.39 is 0 Å². The van der Waals surface area contributed by atoms with Gasteiger partial charge in [-0.15, -0.1) is 0 Å². The summed E-state index contributed by atoms with van der Waals surface area (Å²) < 4.78 is 7.83. The molecule has 2 N–H and O–H groups in total. The number of fused-ring (bicyclic) bond motifs is 1. The molecule has 0 saturated carbocycles. The number of hydrogen-bond donors (Lipinski definition) is 1. The lowest BCUT2D eigenvalue weighted by molar-refractivity contribution is 0.0123. The van der Waals surface area contributed by atoms with Crippen molar-refractivity contribution in [2.45, 2.75) is 44.9 Å². The van der Waals surface area contributed by atoms with Crippen LogP contribution in [0.15, 0.2) is 18.3 Å². The summed E-state index contributed by atoms with van der Waals surface area (Å²) in [4.78, 5) is 11.5. The van der Waals surface area contributed by atoms with Gasteiger partial charge in [-0.3, -0.25) is 4.68 Å². The third kappa shape index (κ3) is 2.65. The molecule has 0 aromatic carbocycles. The molecule has 0 aliphatic carbocycles. The monoisotopic (exact) mass is 314 g/mol. The van der Waals surface area contributed by atoms with Crippen molar-refractivity contribution < 1.29 is 4.74 Å². The van der Waals surface area contributed by atoms with Gasteiger partial charge in [-0.1, -0.05) is 0 Å². The van der Waals surface area contributed by atoms with Gasteiger partial charge in [0.15, 0.2) is 0 Å². The molecule has 0 spiro atoms. The smallest absolute Gasteiger partial charge is 0.226 e. The van der Waals surface area contributed by atoms with Crippen LogP contribution in [0.4, 0.5) is 11.8 Å². The summed E-state index contributed by atoms with van der Waals surface area (Å²) in [7, 11) is 0. The molecule has 122 valence electrons. The number of rotatable bonds is 2. The second kappa shape index (κ2) is 5.81. The van der Waals surface area contributed by atoms with Gasteiger partial charge in [0.2, 0.25) is 5.95 Å². The van der Waals surface area contributed by atoms with E-state index in [-0.39, 0.29) is 12.1 Å². The predicted molar refractivity (Wildman–Crippen MR) is 87.0 cm³/mol. The molecule has 2 aliphatic rings. The fourth-order valence-corrected chi connectivity index (χ4v) is 3.45. The minimum Gasteiger partial charge on any atom is -0.382 e. The van der Waals surface area contributed by atoms with E-state index in [1.54, 1.807) is 0 Å². The molecule has 2 aromatic heterocycles. The van der Waals surface area contributed by atoms with Crippen molar-refractivity contribution >= 4 is 11.8 Å². The normalized spacial score (nSPS) is 24.5. The molecule has 2 unspecified atom stereocenters. The number of hydrogen-bond acceptors (Lipinski definition) is 6. The zero-order chi connectivity index (χ0) is 15.8. The van der Waals surface area contributed by atoms with Crippen LogP contribution in [0, 0.1) is 0 Å². The standard InChI is InChI=1S/C16H22N6O/c1-11-13-10-15(17)20-22(13)8-7-21(11)16-18-6-5-12(19-16)14-4-2-3-9-23-14/h5-6,10-11,14H,2-4,7-9H2,1H3,(H2,17,20). The Bertz CT molecular complexity index is 694. The van der Waals surface area contributed by atoms with Crippen LogP contribution in [-0.2, 0) is 11.3 Å². The number of aromatic nitrogens is 4. The van der Waals surface area contributed by atoms with Gasteiger partial charge in [0.25, 0.3) is 0 Å². The van der Waals surface area contributed by atoms with Crippen LogP contribution in [0.3, 0.4) is 0 Å². The van der Waals surface area contributed by atoms with Crippen LogP contribution in [0.25, 0.3) is 0 Å². The lowest BCUT2D eigenvalue weighted by Crippen LogP contribution is -2.38. The Hall–Kier alpha value is -2.15. The number of anilines is 2. The fraction of sp³-hybridized carbons (Fsp3) is 0.562. The van der Waals surface area contributed by atoms with Gasteiger partial charge >= 0.3 is 0 Å². The van der Waals surface area contributed by atoms with Gasteiger partial charge in [-0.2, -0.15) is 5.10 Å². The summed E-state index contributed by atoms with van der Waals surface area (Å²) in [6, 6.07) is 4.05. The van der Waals surface area contributed by atoms with Gasteiger partial charge in [-0.25, -0.2) is 9.97 Å². The fourth-order valence-electron chi connectivity index (χ4n) is 3.45. The second-order valence-corrected chi connectivity index (χ2v) is 6.22. The summed E-state index contributed by atoms with van der Waals surface area (Å²) in [5.74, 6) is 1.33. The Balaban J connectivity index is 1.61. The molecule has 4 rings (SSSR count). The highest BCUT2D eigenvalue weighted by Crippen LogP contribution is 2.31. The highest BCUT2D eigenvalue weighted by molar-refractivity contribution is 5.40. The number of nitrogens with zero attached hydrogens (tertiary/aromatic N) is 5. The van der Waals surface area contributed by atoms with Crippen LogP contribution in [0.2, 0.25) is 0 Å². The summed E-state index contributed by atoms with van der Waals surface area (Å²) >= 11 is 0. The average molecular weight is 314 g/mol. The molecule has 0 bridgehead atoms. The van der Waals surface area contributed by atoms with E-state index in [0.29, 0.717) is 5.82 Å². The van der Waals surface area contributed by atoms with Crippen molar-refractivity contribution in [3.8, 4) is 0 Å². The van der Waals surface area contributed by atoms with Gasteiger partial charge in [0, 0.05) is 25.4 Å². The molecule has 1 fully saturated rings. The van der Waals surface area contributed by atoms with Crippen molar-refractivity contribution in [2.24, 2.45) is 0 Å². The maximum atomic E-state index is 5.85. The van der Waals surface area contributed by atoms with E-state index in [0.717, 1.165) is 49.9 Å². The molecule has 0 amide bonds. The van der Waals surface area contributed by atoms with E-state index in [4.69, 9.17) is 15.5 Å². The lowest BCUT2D eigenvalue weighted by Gasteiger charge is -2.34. The molecule has 23 heavy (non-hydrogen) atoms. The van der Waals surface area contributed by atoms with Gasteiger partial charge < -0.3 is 15.4 Å². The molecule has 2 aromatic rings. The average Bonchev–Trinajstić information content (AvgIpc) is 2.98. The first-order valence-corrected chi connectivity index (χ1v) is 8.27. The Morgan fingerprint density at radius 3 is 3.04 bits per heavy atom. The van der Waals surface area contributed by atoms with E-state index >= 15 is 0 Å². The first kappa shape index (κ1) is 14.4. The van der Waals surface area contributed by atoms with Crippen LogP contribution in [0.1, 0.15) is 49.7 Å². The molecule has 7 nitrogen and oxygen atoms in total. The summed E-state index contributed by atoms with van der Waals surface area (Å²) in [5, 5.41) is 4.33. The second-order valence-electron chi connectivity index (χ2n) is 6.22. The van der Waals surface area contributed by atoms with Crippen molar-refractivity contribution in [3.05, 3.63) is 29.7 Å². The molecule has 7 heteroatoms. The zero-order valence-corrected chi connectivity index (χ0v) is 13.4. The molecule has 2 atom stereocenters. The Morgan fingerprint density at radius 2 is 2.22 bits per heavy atom. The van der Waals surface area contributed by atoms with Crippen molar-refractivity contribution in [2.75, 3.05) is 23.8 Å². The zero-order valence-electron chi connectivity index (χ0n) is 13.4. The maximum absolute atomic E-state index is 5.85. The summed E-state index contributed by atoms with van der Waals surface area (Å²) in [6.45, 7) is 4.58. The third-order valence-electron chi connectivity index (χ3n) is 4.71. The van der Waals surface area contributed by atoms with Crippen LogP contribution < -0.4 is 10.6 Å². The van der Waals surface area contributed by atoms with E-state index in [1.807, 2.05) is 23.0 Å². The first-order valence-electron chi connectivity index (χ1n) is 8.27. The third-order valence-corrected chi connectivity index (χ3v) is 4.71. The highest BCUT2D eigenvalue weighted by Gasteiger charge is 2.28. The lowest BCUT2D eigenvalue weighted by atomic mass is 10.1. The predicted octanol–water partition coefficient (Wildman–Crippen LogP) is 2.08. The first-order chi connectivity index (χ1) is 11.2. The van der Waals surface area contributed by atoms with E-state index in [2.05, 4.69) is 21.9 Å². The van der Waals surface area contributed by atoms with Gasteiger partial charge in [0.05, 0.1) is 30.1 Å². The Kier molecular flexibility index (Phi) is 3.65. The molecule has 2 aliphatic heterocycles. The Morgan fingerprint density at radius 1 is 1.30 bits per heavy atom. The minimum atomic E-state index is 0.103. The summed E-state index contributed by atoms with van der Waals surface area (Å²) in [6.07, 6.45) is 5.32. The SMILES string of the molecule is CC1c2cc(N)nn2CCN1c1nccc(C2CCCCO2)n1. The van der Waals surface area contributed by atoms with E-state index in [9.17, 15) is 0 Å². The largest absolute Gasteiger partial charge is 0.382 e.